The molecule has 0 amide bonds. The average molecular weight is 505 g/mol. The second-order valence-corrected chi connectivity index (χ2v) is 10.5. The van der Waals surface area contributed by atoms with E-state index in [4.69, 9.17) is 13.9 Å². The smallest absolute Gasteiger partial charge is 0.308 e. The maximum Gasteiger partial charge on any atom is 0.350 e. The van der Waals surface area contributed by atoms with E-state index in [1.54, 1.807) is 57.3 Å². The van der Waals surface area contributed by atoms with Crippen molar-refractivity contribution in [2.45, 2.75) is 45.2 Å². The minimum Gasteiger partial charge on any atom is -0.308 e. The summed E-state index contributed by atoms with van der Waals surface area (Å²) in [5.41, 5.74) is 0.167. The molecule has 2 atom stereocenters. The van der Waals surface area contributed by atoms with Gasteiger partial charge >= 0.3 is 13.3 Å². The number of aromatic nitrogens is 2. The van der Waals surface area contributed by atoms with Gasteiger partial charge in [-0.1, -0.05) is 24.3 Å². The first-order valence-corrected chi connectivity index (χ1v) is 13.1. The van der Waals surface area contributed by atoms with E-state index in [0.29, 0.717) is 22.9 Å². The van der Waals surface area contributed by atoms with Crippen LogP contribution in [0.5, 0.6) is 0 Å². The molecular formula is C24H29FN3O6P. The van der Waals surface area contributed by atoms with Crippen molar-refractivity contribution in [1.29, 1.82) is 0 Å². The molecular weight excluding hydrogens is 476 g/mol. The van der Waals surface area contributed by atoms with Crippen LogP contribution in [0.3, 0.4) is 0 Å². The molecule has 4 rings (SSSR count). The molecule has 0 unspecified atom stereocenters. The Balaban J connectivity index is 1.70. The van der Waals surface area contributed by atoms with E-state index in [1.807, 2.05) is 0 Å². The van der Waals surface area contributed by atoms with Gasteiger partial charge in [-0.2, -0.15) is 5.06 Å². The Labute approximate surface area is 202 Å². The van der Waals surface area contributed by atoms with Crippen LogP contribution in [0, 0.1) is 5.82 Å². The summed E-state index contributed by atoms with van der Waals surface area (Å²) in [5.74, 6) is -1.02. The second-order valence-electron chi connectivity index (χ2n) is 8.29. The molecule has 2 aromatic carbocycles. The molecule has 0 aliphatic carbocycles. The van der Waals surface area contributed by atoms with Crippen LogP contribution in [-0.4, -0.2) is 46.3 Å². The van der Waals surface area contributed by atoms with E-state index in [0.717, 1.165) is 4.57 Å². The SMILES string of the molecule is CCOP(=O)(OCC)[C@@H]1C[C@@H](Cn2c(=O)n(Cc3ccc(F)cc3)c(=O)c3ccccc32)ON1C. The number of hydrogen-bond acceptors (Lipinski definition) is 7. The first-order valence-electron chi connectivity index (χ1n) is 11.5. The lowest BCUT2D eigenvalue weighted by Crippen LogP contribution is -2.42. The van der Waals surface area contributed by atoms with Crippen molar-refractivity contribution in [1.82, 2.24) is 14.2 Å². The Morgan fingerprint density at radius 2 is 1.69 bits per heavy atom. The Kier molecular flexibility index (Phi) is 7.68. The number of hydroxylamine groups is 2. The van der Waals surface area contributed by atoms with Crippen LogP contribution in [0.2, 0.25) is 0 Å². The highest BCUT2D eigenvalue weighted by Crippen LogP contribution is 2.57. The highest BCUT2D eigenvalue weighted by molar-refractivity contribution is 7.54. The van der Waals surface area contributed by atoms with E-state index < -0.39 is 36.5 Å². The molecule has 2 heterocycles. The molecule has 3 aromatic rings. The number of rotatable bonds is 9. The molecule has 11 heteroatoms. The third-order valence-electron chi connectivity index (χ3n) is 5.96. The van der Waals surface area contributed by atoms with Crippen molar-refractivity contribution in [3.8, 4) is 0 Å². The fourth-order valence-electron chi connectivity index (χ4n) is 4.40. The van der Waals surface area contributed by atoms with Gasteiger partial charge in [-0.3, -0.25) is 23.3 Å². The maximum atomic E-state index is 13.5. The predicted molar refractivity (Wildman–Crippen MR) is 130 cm³/mol. The van der Waals surface area contributed by atoms with Crippen LogP contribution in [0.4, 0.5) is 4.39 Å². The normalized spacial score (nSPS) is 19.0. The Morgan fingerprint density at radius 1 is 1.03 bits per heavy atom. The number of hydrogen-bond donors (Lipinski definition) is 0. The van der Waals surface area contributed by atoms with Crippen molar-refractivity contribution < 1.29 is 22.8 Å². The maximum absolute atomic E-state index is 13.5. The Hall–Kier alpha value is -2.62. The van der Waals surface area contributed by atoms with E-state index in [-0.39, 0.29) is 26.3 Å². The fourth-order valence-corrected chi connectivity index (χ4v) is 6.48. The zero-order valence-corrected chi connectivity index (χ0v) is 20.8. The first kappa shape index (κ1) is 25.5. The lowest BCUT2D eigenvalue weighted by molar-refractivity contribution is -0.138. The first-order chi connectivity index (χ1) is 16.8. The third kappa shape index (κ3) is 5.17. The molecule has 0 bridgehead atoms. The van der Waals surface area contributed by atoms with E-state index >= 15 is 0 Å². The van der Waals surface area contributed by atoms with Crippen molar-refractivity contribution in [3.63, 3.8) is 0 Å². The molecule has 35 heavy (non-hydrogen) atoms. The molecule has 1 saturated heterocycles. The topological polar surface area (TPSA) is 92.0 Å². The molecule has 0 N–H and O–H groups in total. The van der Waals surface area contributed by atoms with Crippen molar-refractivity contribution in [2.24, 2.45) is 0 Å². The molecule has 1 fully saturated rings. The predicted octanol–water partition coefficient (Wildman–Crippen LogP) is 3.58. The summed E-state index contributed by atoms with van der Waals surface area (Å²) in [7, 11) is -1.81. The summed E-state index contributed by atoms with van der Waals surface area (Å²) in [6.45, 7) is 4.07. The van der Waals surface area contributed by atoms with E-state index in [2.05, 4.69) is 0 Å². The number of fused-ring (bicyclic) bond motifs is 1. The zero-order chi connectivity index (χ0) is 25.2. The molecule has 0 spiro atoms. The molecule has 1 aliphatic heterocycles. The van der Waals surface area contributed by atoms with Gasteiger partial charge < -0.3 is 9.05 Å². The van der Waals surface area contributed by atoms with Crippen molar-refractivity contribution >= 4 is 18.5 Å². The van der Waals surface area contributed by atoms with Crippen LogP contribution >= 0.6 is 7.60 Å². The minimum absolute atomic E-state index is 0.000709. The van der Waals surface area contributed by atoms with Gasteiger partial charge in [0.1, 0.15) is 11.6 Å². The number of benzene rings is 2. The minimum atomic E-state index is -3.46. The van der Waals surface area contributed by atoms with Gasteiger partial charge in [0.05, 0.1) is 43.3 Å². The number of nitrogens with zero attached hydrogens (tertiary/aromatic N) is 3. The van der Waals surface area contributed by atoms with Crippen molar-refractivity contribution in [2.75, 3.05) is 20.3 Å². The molecule has 1 aliphatic rings. The summed E-state index contributed by atoms with van der Waals surface area (Å²) in [4.78, 5) is 32.6. The van der Waals surface area contributed by atoms with Gasteiger partial charge in [-0.15, -0.1) is 0 Å². The number of halogens is 1. The summed E-state index contributed by atoms with van der Waals surface area (Å²) in [6.07, 6.45) is -0.192. The molecule has 9 nitrogen and oxygen atoms in total. The second kappa shape index (κ2) is 10.6. The monoisotopic (exact) mass is 505 g/mol. The van der Waals surface area contributed by atoms with E-state index in [9.17, 15) is 18.5 Å². The van der Waals surface area contributed by atoms with Crippen LogP contribution in [-0.2, 0) is 31.5 Å². The number of para-hydroxylation sites is 1. The van der Waals surface area contributed by atoms with Gasteiger partial charge in [-0.05, 0) is 43.7 Å². The fraction of sp³-hybridized carbons (Fsp3) is 0.417. The summed E-state index contributed by atoms with van der Waals surface area (Å²) < 4.78 is 40.3. The third-order valence-corrected chi connectivity index (χ3v) is 8.47. The molecule has 0 radical (unpaired) electrons. The average Bonchev–Trinajstić information content (AvgIpc) is 3.22. The van der Waals surface area contributed by atoms with Crippen LogP contribution < -0.4 is 11.2 Å². The van der Waals surface area contributed by atoms with Gasteiger partial charge in [-0.25, -0.2) is 9.18 Å². The standard InChI is InChI=1S/C24H29FN3O6P/c1-4-32-35(31,33-5-2)22-14-19(34-26(22)3)16-27-21-9-7-6-8-20(21)23(29)28(24(27)30)15-17-10-12-18(25)13-11-17/h6-13,19,22H,4-5,14-16H2,1-3H3/t19-,22+/m0/s1. The Bertz CT molecular complexity index is 1350. The Morgan fingerprint density at radius 3 is 2.34 bits per heavy atom. The summed E-state index contributed by atoms with van der Waals surface area (Å²) >= 11 is 0. The summed E-state index contributed by atoms with van der Waals surface area (Å²) in [5, 5.41) is 1.85. The molecule has 0 saturated carbocycles. The molecule has 1 aromatic heterocycles. The van der Waals surface area contributed by atoms with Gasteiger partial charge in [0.25, 0.3) is 5.56 Å². The highest BCUT2D eigenvalue weighted by atomic mass is 31.2. The summed E-state index contributed by atoms with van der Waals surface area (Å²) in [6, 6.07) is 12.5. The lowest BCUT2D eigenvalue weighted by atomic mass is 10.2. The van der Waals surface area contributed by atoms with Gasteiger partial charge in [0.15, 0.2) is 0 Å². The van der Waals surface area contributed by atoms with Gasteiger partial charge in [0.2, 0.25) is 0 Å². The quantitative estimate of drug-likeness (QED) is 0.411. The lowest BCUT2D eigenvalue weighted by Gasteiger charge is -2.25. The van der Waals surface area contributed by atoms with Crippen LogP contribution in [0.15, 0.2) is 58.1 Å². The van der Waals surface area contributed by atoms with Gasteiger partial charge in [0, 0.05) is 13.5 Å². The van der Waals surface area contributed by atoms with E-state index in [1.165, 1.54) is 21.8 Å². The largest absolute Gasteiger partial charge is 0.350 e. The zero-order valence-electron chi connectivity index (χ0n) is 19.9. The van der Waals surface area contributed by atoms with Crippen molar-refractivity contribution in [3.05, 3.63) is 80.7 Å². The van der Waals surface area contributed by atoms with Crippen LogP contribution in [0.1, 0.15) is 25.8 Å². The van der Waals surface area contributed by atoms with Crippen LogP contribution in [0.25, 0.3) is 10.9 Å². The molecule has 188 valence electrons. The highest BCUT2D eigenvalue weighted by Gasteiger charge is 2.46.